The van der Waals surface area contributed by atoms with E-state index in [-0.39, 0.29) is 0 Å². The number of hydrogen-bond acceptors (Lipinski definition) is 3. The predicted octanol–water partition coefficient (Wildman–Crippen LogP) is 4.06. The van der Waals surface area contributed by atoms with Gasteiger partial charge >= 0.3 is 0 Å². The van der Waals surface area contributed by atoms with Gasteiger partial charge in [0.05, 0.1) is 6.10 Å². The van der Waals surface area contributed by atoms with Crippen LogP contribution in [0.2, 0.25) is 0 Å². The summed E-state index contributed by atoms with van der Waals surface area (Å²) in [7, 11) is 0. The Balaban J connectivity index is 1.80. The summed E-state index contributed by atoms with van der Waals surface area (Å²) in [6.45, 7) is 0. The molecular weight excluding hydrogens is 266 g/mol. The first-order chi connectivity index (χ1) is 9.84. The van der Waals surface area contributed by atoms with E-state index in [0.29, 0.717) is 5.75 Å². The van der Waals surface area contributed by atoms with Crippen molar-refractivity contribution < 1.29 is 5.11 Å². The molecule has 100 valence electrons. The van der Waals surface area contributed by atoms with E-state index >= 15 is 0 Å². The molecule has 2 nitrogen and oxygen atoms in total. The maximum absolute atomic E-state index is 10.4. The first kappa shape index (κ1) is 13.2. The fourth-order valence-electron chi connectivity index (χ4n) is 2.21. The smallest absolute Gasteiger partial charge is 0.0890 e. The number of aliphatic hydroxyl groups excluding tert-OH is 1. The molecule has 3 rings (SSSR count). The zero-order valence-corrected chi connectivity index (χ0v) is 11.8. The molecule has 1 atom stereocenters. The summed E-state index contributed by atoms with van der Waals surface area (Å²) < 4.78 is 0. The van der Waals surface area contributed by atoms with E-state index in [1.54, 1.807) is 18.0 Å². The molecular formula is C17H15NOS. The molecule has 0 saturated heterocycles. The van der Waals surface area contributed by atoms with Crippen LogP contribution in [0.1, 0.15) is 11.7 Å². The van der Waals surface area contributed by atoms with Crippen molar-refractivity contribution in [1.29, 1.82) is 0 Å². The summed E-state index contributed by atoms with van der Waals surface area (Å²) in [5, 5.41) is 12.6. The van der Waals surface area contributed by atoms with Crippen molar-refractivity contribution in [2.24, 2.45) is 0 Å². The molecule has 2 aromatic carbocycles. The average Bonchev–Trinajstić information content (AvgIpc) is 2.53. The van der Waals surface area contributed by atoms with Crippen LogP contribution in [-0.2, 0) is 0 Å². The van der Waals surface area contributed by atoms with Crippen LogP contribution in [0.15, 0.2) is 71.9 Å². The second kappa shape index (κ2) is 6.07. The molecule has 0 bridgehead atoms. The minimum Gasteiger partial charge on any atom is -0.388 e. The van der Waals surface area contributed by atoms with E-state index in [9.17, 15) is 5.11 Å². The van der Waals surface area contributed by atoms with Crippen LogP contribution in [-0.4, -0.2) is 15.8 Å². The van der Waals surface area contributed by atoms with Gasteiger partial charge in [-0.2, -0.15) is 0 Å². The minimum absolute atomic E-state index is 0.492. The van der Waals surface area contributed by atoms with Crippen LogP contribution in [0.5, 0.6) is 0 Å². The number of fused-ring (bicyclic) bond motifs is 1. The molecule has 0 spiro atoms. The zero-order chi connectivity index (χ0) is 13.8. The zero-order valence-electron chi connectivity index (χ0n) is 10.9. The van der Waals surface area contributed by atoms with E-state index in [0.717, 1.165) is 16.3 Å². The van der Waals surface area contributed by atoms with Gasteiger partial charge in [0, 0.05) is 28.4 Å². The van der Waals surface area contributed by atoms with Crippen LogP contribution in [0.25, 0.3) is 10.8 Å². The molecule has 20 heavy (non-hydrogen) atoms. The van der Waals surface area contributed by atoms with E-state index in [1.165, 1.54) is 4.90 Å². The molecule has 1 N–H and O–H groups in total. The first-order valence-electron chi connectivity index (χ1n) is 6.53. The summed E-state index contributed by atoms with van der Waals surface area (Å²) in [5.41, 5.74) is 0.944. The lowest BCUT2D eigenvalue weighted by Gasteiger charge is -2.13. The Bertz CT molecular complexity index is 694. The third kappa shape index (κ3) is 2.84. The monoisotopic (exact) mass is 281 g/mol. The molecule has 1 unspecified atom stereocenters. The summed E-state index contributed by atoms with van der Waals surface area (Å²) >= 11 is 1.66. The maximum Gasteiger partial charge on any atom is 0.0890 e. The Labute approximate surface area is 122 Å². The third-order valence-corrected chi connectivity index (χ3v) is 4.32. The van der Waals surface area contributed by atoms with Crippen LogP contribution in [0, 0.1) is 0 Å². The molecule has 0 fully saturated rings. The lowest BCUT2D eigenvalue weighted by atomic mass is 10.0. The fourth-order valence-corrected chi connectivity index (χ4v) is 3.09. The normalized spacial score (nSPS) is 12.4. The van der Waals surface area contributed by atoms with E-state index in [2.05, 4.69) is 17.1 Å². The summed E-state index contributed by atoms with van der Waals surface area (Å²) in [6.07, 6.45) is 3.10. The third-order valence-electron chi connectivity index (χ3n) is 3.23. The lowest BCUT2D eigenvalue weighted by molar-refractivity contribution is 0.205. The highest BCUT2D eigenvalue weighted by Gasteiger charge is 2.11. The van der Waals surface area contributed by atoms with Crippen LogP contribution in [0.3, 0.4) is 0 Å². The number of aliphatic hydroxyl groups is 1. The molecule has 0 saturated carbocycles. The molecule has 3 heteroatoms. The first-order valence-corrected chi connectivity index (χ1v) is 7.52. The highest BCUT2D eigenvalue weighted by atomic mass is 32.2. The Morgan fingerprint density at radius 2 is 1.85 bits per heavy atom. The number of pyridine rings is 1. The van der Waals surface area contributed by atoms with Gasteiger partial charge in [-0.1, -0.05) is 36.4 Å². The predicted molar refractivity (Wildman–Crippen MR) is 83.9 cm³/mol. The summed E-state index contributed by atoms with van der Waals surface area (Å²) in [5.74, 6) is 0.637. The molecule has 1 aromatic heterocycles. The van der Waals surface area contributed by atoms with E-state index in [4.69, 9.17) is 0 Å². The molecule has 0 aliphatic heterocycles. The van der Waals surface area contributed by atoms with Gasteiger partial charge in [0.2, 0.25) is 0 Å². The number of aromatic nitrogens is 1. The van der Waals surface area contributed by atoms with Crippen LogP contribution < -0.4 is 0 Å². The number of rotatable bonds is 4. The van der Waals surface area contributed by atoms with Crippen LogP contribution >= 0.6 is 11.8 Å². The van der Waals surface area contributed by atoms with Crippen molar-refractivity contribution >= 4 is 22.5 Å². The second-order valence-corrected chi connectivity index (χ2v) is 5.68. The van der Waals surface area contributed by atoms with E-state index in [1.807, 2.05) is 48.7 Å². The van der Waals surface area contributed by atoms with Crippen molar-refractivity contribution in [3.05, 3.63) is 72.6 Å². The van der Waals surface area contributed by atoms with Gasteiger partial charge in [0.25, 0.3) is 0 Å². The topological polar surface area (TPSA) is 33.1 Å². The minimum atomic E-state index is -0.492. The SMILES string of the molecule is OC(CSc1ccccc1)c1cccc2ccncc12. The van der Waals surface area contributed by atoms with Gasteiger partial charge in [0.15, 0.2) is 0 Å². The quantitative estimate of drug-likeness (QED) is 0.732. The molecule has 0 amide bonds. The Morgan fingerprint density at radius 3 is 2.70 bits per heavy atom. The van der Waals surface area contributed by atoms with Gasteiger partial charge in [-0.3, -0.25) is 4.98 Å². The van der Waals surface area contributed by atoms with Crippen molar-refractivity contribution in [3.8, 4) is 0 Å². The summed E-state index contributed by atoms with van der Waals surface area (Å²) in [4.78, 5) is 5.33. The van der Waals surface area contributed by atoms with Crippen molar-refractivity contribution in [3.63, 3.8) is 0 Å². The number of benzene rings is 2. The highest BCUT2D eigenvalue weighted by Crippen LogP contribution is 2.28. The van der Waals surface area contributed by atoms with Gasteiger partial charge in [-0.15, -0.1) is 11.8 Å². The molecule has 3 aromatic rings. The molecule has 0 aliphatic rings. The van der Waals surface area contributed by atoms with E-state index < -0.39 is 6.10 Å². The van der Waals surface area contributed by atoms with Gasteiger partial charge in [-0.25, -0.2) is 0 Å². The molecule has 1 heterocycles. The lowest BCUT2D eigenvalue weighted by Crippen LogP contribution is -2.01. The van der Waals surface area contributed by atoms with Crippen molar-refractivity contribution in [1.82, 2.24) is 4.98 Å². The number of thioether (sulfide) groups is 1. The Kier molecular flexibility index (Phi) is 4.00. The maximum atomic E-state index is 10.4. The largest absolute Gasteiger partial charge is 0.388 e. The molecule has 0 aliphatic carbocycles. The second-order valence-electron chi connectivity index (χ2n) is 4.58. The van der Waals surface area contributed by atoms with Gasteiger partial charge < -0.3 is 5.11 Å². The summed E-state index contributed by atoms with van der Waals surface area (Å²) in [6, 6.07) is 18.1. The fraction of sp³-hybridized carbons (Fsp3) is 0.118. The average molecular weight is 281 g/mol. The van der Waals surface area contributed by atoms with Gasteiger partial charge in [-0.05, 0) is 29.1 Å². The van der Waals surface area contributed by atoms with Crippen LogP contribution in [0.4, 0.5) is 0 Å². The number of hydrogen-bond donors (Lipinski definition) is 1. The molecule has 0 radical (unpaired) electrons. The standard InChI is InChI=1S/C17H15NOS/c19-17(12-20-14-6-2-1-3-7-14)15-8-4-5-13-9-10-18-11-16(13)15/h1-11,17,19H,12H2. The highest BCUT2D eigenvalue weighted by molar-refractivity contribution is 7.99. The number of nitrogens with zero attached hydrogens (tertiary/aromatic N) is 1. The Hall–Kier alpha value is -1.84. The van der Waals surface area contributed by atoms with Crippen molar-refractivity contribution in [2.45, 2.75) is 11.0 Å². The van der Waals surface area contributed by atoms with Gasteiger partial charge in [0.1, 0.15) is 0 Å². The Morgan fingerprint density at radius 1 is 1.00 bits per heavy atom. The van der Waals surface area contributed by atoms with Crippen molar-refractivity contribution in [2.75, 3.05) is 5.75 Å².